The molecule has 2 rings (SSSR count). The van der Waals surface area contributed by atoms with Crippen LogP contribution in [0.1, 0.15) is 18.9 Å². The van der Waals surface area contributed by atoms with Crippen LogP contribution in [0.2, 0.25) is 0 Å². The molecule has 1 unspecified atom stereocenters. The Hall–Kier alpha value is -1.71. The Kier molecular flexibility index (Phi) is 2.26. The highest BCUT2D eigenvalue weighted by molar-refractivity contribution is 5.69. The highest BCUT2D eigenvalue weighted by atomic mass is 16.6. The van der Waals surface area contributed by atoms with Crippen molar-refractivity contribution in [3.05, 3.63) is 29.8 Å². The van der Waals surface area contributed by atoms with Crippen LogP contribution < -0.4 is 5.32 Å². The highest BCUT2D eigenvalue weighted by Gasteiger charge is 2.34. The number of hydrogen-bond acceptors (Lipinski definition) is 3. The Bertz CT molecular complexity index is 391. The second-order valence-electron chi connectivity index (χ2n) is 3.86. The van der Waals surface area contributed by atoms with Gasteiger partial charge in [0.05, 0.1) is 12.1 Å². The molecule has 4 heteroatoms. The van der Waals surface area contributed by atoms with Gasteiger partial charge in [-0.05, 0) is 13.0 Å². The van der Waals surface area contributed by atoms with Gasteiger partial charge in [-0.1, -0.05) is 18.2 Å². The summed E-state index contributed by atoms with van der Waals surface area (Å²) < 4.78 is 4.80. The van der Waals surface area contributed by atoms with E-state index in [1.54, 1.807) is 18.2 Å². The summed E-state index contributed by atoms with van der Waals surface area (Å²) in [6.45, 7) is 2.25. The number of amides is 1. The minimum atomic E-state index is -0.541. The second-order valence-corrected chi connectivity index (χ2v) is 3.86. The number of phenols is 1. The summed E-state index contributed by atoms with van der Waals surface area (Å²) in [6.07, 6.45) is 0.211. The van der Waals surface area contributed by atoms with Gasteiger partial charge < -0.3 is 15.2 Å². The summed E-state index contributed by atoms with van der Waals surface area (Å²) in [5.41, 5.74) is 0.183. The van der Waals surface area contributed by atoms with Crippen LogP contribution in [0.25, 0.3) is 0 Å². The van der Waals surface area contributed by atoms with Crippen LogP contribution >= 0.6 is 0 Å². The molecule has 0 aliphatic carbocycles. The van der Waals surface area contributed by atoms with Crippen molar-refractivity contribution in [1.29, 1.82) is 0 Å². The predicted octanol–water partition coefficient (Wildman–Crippen LogP) is 1.74. The molecule has 0 bridgehead atoms. The largest absolute Gasteiger partial charge is 0.508 e. The number of carbonyl (C=O) groups is 1. The normalized spacial score (nSPS) is 25.5. The smallest absolute Gasteiger partial charge is 0.407 e. The zero-order chi connectivity index (χ0) is 10.9. The van der Waals surface area contributed by atoms with E-state index >= 15 is 0 Å². The average Bonchev–Trinajstić information content (AvgIpc) is 2.17. The van der Waals surface area contributed by atoms with E-state index in [4.69, 9.17) is 4.74 Å². The Morgan fingerprint density at radius 1 is 1.47 bits per heavy atom. The Labute approximate surface area is 87.9 Å². The highest BCUT2D eigenvalue weighted by Crippen LogP contribution is 2.33. The molecule has 1 aliphatic heterocycles. The number of benzene rings is 1. The van der Waals surface area contributed by atoms with Crippen LogP contribution in [0.5, 0.6) is 5.75 Å². The predicted molar refractivity (Wildman–Crippen MR) is 54.6 cm³/mol. The maximum absolute atomic E-state index is 11.1. The first-order chi connectivity index (χ1) is 7.12. The standard InChI is InChI=1S/C11H13NO3/c1-11(6-7-15-10(14)12-11)8-4-2-3-5-9(8)13/h2-5,13H,6-7H2,1H3,(H,12,14). The van der Waals surface area contributed by atoms with E-state index in [1.807, 2.05) is 13.0 Å². The number of aromatic hydroxyl groups is 1. The molecule has 80 valence electrons. The molecule has 0 saturated carbocycles. The zero-order valence-corrected chi connectivity index (χ0v) is 8.49. The SMILES string of the molecule is CC1(c2ccccc2O)CCOC(=O)N1. The van der Waals surface area contributed by atoms with Crippen LogP contribution in [-0.4, -0.2) is 17.8 Å². The first-order valence-corrected chi connectivity index (χ1v) is 4.85. The molecule has 0 radical (unpaired) electrons. The van der Waals surface area contributed by atoms with Crippen molar-refractivity contribution in [2.24, 2.45) is 0 Å². The Balaban J connectivity index is 2.36. The summed E-state index contributed by atoms with van der Waals surface area (Å²) in [4.78, 5) is 11.1. The fourth-order valence-corrected chi connectivity index (χ4v) is 1.81. The van der Waals surface area contributed by atoms with Gasteiger partial charge in [-0.25, -0.2) is 4.79 Å². The number of ether oxygens (including phenoxy) is 1. The van der Waals surface area contributed by atoms with Gasteiger partial charge in [-0.2, -0.15) is 0 Å². The molecule has 15 heavy (non-hydrogen) atoms. The minimum absolute atomic E-state index is 0.196. The van der Waals surface area contributed by atoms with E-state index in [-0.39, 0.29) is 5.75 Å². The van der Waals surface area contributed by atoms with Gasteiger partial charge in [0.1, 0.15) is 5.75 Å². The quantitative estimate of drug-likeness (QED) is 0.737. The van der Waals surface area contributed by atoms with Crippen molar-refractivity contribution in [2.45, 2.75) is 18.9 Å². The molecule has 1 saturated heterocycles. The molecule has 1 aromatic carbocycles. The number of cyclic esters (lactones) is 1. The summed E-state index contributed by atoms with van der Waals surface area (Å²) in [6, 6.07) is 7.01. The summed E-state index contributed by atoms with van der Waals surface area (Å²) in [5, 5.41) is 12.5. The Morgan fingerprint density at radius 3 is 2.87 bits per heavy atom. The molecule has 0 aromatic heterocycles. The number of hydrogen-bond donors (Lipinski definition) is 2. The number of nitrogens with one attached hydrogen (secondary N) is 1. The fourth-order valence-electron chi connectivity index (χ4n) is 1.81. The summed E-state index contributed by atoms with van der Waals surface area (Å²) in [7, 11) is 0. The molecule has 1 heterocycles. The lowest BCUT2D eigenvalue weighted by atomic mass is 9.87. The molecule has 2 N–H and O–H groups in total. The Morgan fingerprint density at radius 2 is 2.20 bits per heavy atom. The van der Waals surface area contributed by atoms with Crippen molar-refractivity contribution in [1.82, 2.24) is 5.32 Å². The van der Waals surface area contributed by atoms with Gasteiger partial charge in [-0.15, -0.1) is 0 Å². The van der Waals surface area contributed by atoms with Gasteiger partial charge in [0, 0.05) is 12.0 Å². The lowest BCUT2D eigenvalue weighted by molar-refractivity contribution is 0.0909. The third kappa shape index (κ3) is 1.75. The number of phenolic OH excluding ortho intramolecular Hbond substituents is 1. The van der Waals surface area contributed by atoms with E-state index in [9.17, 15) is 9.90 Å². The van der Waals surface area contributed by atoms with Gasteiger partial charge in [-0.3, -0.25) is 0 Å². The van der Waals surface area contributed by atoms with Gasteiger partial charge in [0.2, 0.25) is 0 Å². The molecule has 4 nitrogen and oxygen atoms in total. The molecule has 1 aromatic rings. The first kappa shape index (κ1) is 9.83. The molecule has 1 fully saturated rings. The lowest BCUT2D eigenvalue weighted by Crippen LogP contribution is -2.48. The maximum atomic E-state index is 11.1. The average molecular weight is 207 g/mol. The molecule has 1 atom stereocenters. The molecule has 1 aliphatic rings. The number of para-hydroxylation sites is 1. The van der Waals surface area contributed by atoms with Crippen LogP contribution in [0, 0.1) is 0 Å². The monoisotopic (exact) mass is 207 g/mol. The summed E-state index contributed by atoms with van der Waals surface area (Å²) in [5.74, 6) is 0.196. The maximum Gasteiger partial charge on any atom is 0.407 e. The molecular weight excluding hydrogens is 194 g/mol. The van der Waals surface area contributed by atoms with Crippen LogP contribution in [0.15, 0.2) is 24.3 Å². The third-order valence-electron chi connectivity index (χ3n) is 2.71. The topological polar surface area (TPSA) is 58.6 Å². The van der Waals surface area contributed by atoms with Crippen molar-refractivity contribution in [3.63, 3.8) is 0 Å². The van der Waals surface area contributed by atoms with Gasteiger partial charge in [0.25, 0.3) is 0 Å². The first-order valence-electron chi connectivity index (χ1n) is 4.85. The third-order valence-corrected chi connectivity index (χ3v) is 2.71. The zero-order valence-electron chi connectivity index (χ0n) is 8.49. The number of alkyl carbamates (subject to hydrolysis) is 1. The van der Waals surface area contributed by atoms with Crippen molar-refractivity contribution in [2.75, 3.05) is 6.61 Å². The second kappa shape index (κ2) is 3.46. The molecule has 0 spiro atoms. The summed E-state index contributed by atoms with van der Waals surface area (Å²) >= 11 is 0. The van der Waals surface area contributed by atoms with Crippen LogP contribution in [0.4, 0.5) is 4.79 Å². The van der Waals surface area contributed by atoms with Gasteiger partial charge in [0.15, 0.2) is 0 Å². The molecule has 1 amide bonds. The van der Waals surface area contributed by atoms with Gasteiger partial charge >= 0.3 is 6.09 Å². The van der Waals surface area contributed by atoms with Crippen LogP contribution in [-0.2, 0) is 10.3 Å². The number of rotatable bonds is 1. The van der Waals surface area contributed by atoms with Crippen molar-refractivity contribution in [3.8, 4) is 5.75 Å². The molecular formula is C11H13NO3. The van der Waals surface area contributed by atoms with Crippen molar-refractivity contribution >= 4 is 6.09 Å². The fraction of sp³-hybridized carbons (Fsp3) is 0.364. The van der Waals surface area contributed by atoms with E-state index in [0.29, 0.717) is 13.0 Å². The number of carbonyl (C=O) groups excluding carboxylic acids is 1. The van der Waals surface area contributed by atoms with E-state index in [2.05, 4.69) is 5.32 Å². The minimum Gasteiger partial charge on any atom is -0.508 e. The van der Waals surface area contributed by atoms with E-state index in [1.165, 1.54) is 0 Å². The van der Waals surface area contributed by atoms with E-state index in [0.717, 1.165) is 5.56 Å². The lowest BCUT2D eigenvalue weighted by Gasteiger charge is -2.34. The van der Waals surface area contributed by atoms with Crippen LogP contribution in [0.3, 0.4) is 0 Å². The van der Waals surface area contributed by atoms with E-state index < -0.39 is 11.6 Å². The van der Waals surface area contributed by atoms with Crippen molar-refractivity contribution < 1.29 is 14.6 Å².